The van der Waals surface area contributed by atoms with Crippen molar-refractivity contribution in [3.63, 3.8) is 0 Å². The summed E-state index contributed by atoms with van der Waals surface area (Å²) < 4.78 is 1.37. The predicted molar refractivity (Wildman–Crippen MR) is 60.8 cm³/mol. The van der Waals surface area contributed by atoms with Crippen LogP contribution in [0.1, 0.15) is 19.5 Å². The lowest BCUT2D eigenvalue weighted by molar-refractivity contribution is 0.839. The van der Waals surface area contributed by atoms with E-state index in [1.165, 1.54) is 17.0 Å². The molecule has 0 aliphatic rings. The average Bonchev–Trinajstić information content (AvgIpc) is 2.36. The monoisotopic (exact) mass is 216 g/mol. The maximum Gasteiger partial charge on any atom is 0.262 e. The van der Waals surface area contributed by atoms with Crippen LogP contribution in [0.3, 0.4) is 0 Å². The lowest BCUT2D eigenvalue weighted by Gasteiger charge is -1.98. The highest BCUT2D eigenvalue weighted by Gasteiger charge is 2.03. The van der Waals surface area contributed by atoms with Gasteiger partial charge in [-0.1, -0.05) is 13.8 Å². The Bertz CT molecular complexity index is 595. The zero-order valence-corrected chi connectivity index (χ0v) is 9.43. The van der Waals surface area contributed by atoms with Crippen LogP contribution in [0, 0.1) is 11.3 Å². The highest BCUT2D eigenvalue weighted by molar-refractivity contribution is 5.73. The van der Waals surface area contributed by atoms with Gasteiger partial charge in [-0.25, -0.2) is 9.97 Å². The van der Waals surface area contributed by atoms with Crippen LogP contribution in [0.5, 0.6) is 0 Å². The zero-order valence-electron chi connectivity index (χ0n) is 9.43. The van der Waals surface area contributed by atoms with E-state index in [0.29, 0.717) is 11.0 Å². The van der Waals surface area contributed by atoms with Gasteiger partial charge in [0.05, 0.1) is 11.7 Å². The second kappa shape index (κ2) is 5.03. The van der Waals surface area contributed by atoms with Crippen molar-refractivity contribution in [2.24, 2.45) is 7.05 Å². The number of aromatic nitrogens is 3. The fourth-order valence-corrected chi connectivity index (χ4v) is 1.16. The summed E-state index contributed by atoms with van der Waals surface area (Å²) >= 11 is 0. The van der Waals surface area contributed by atoms with E-state index in [0.717, 1.165) is 0 Å². The molecule has 5 nitrogen and oxygen atoms in total. The van der Waals surface area contributed by atoms with E-state index in [1.807, 2.05) is 19.9 Å². The summed E-state index contributed by atoms with van der Waals surface area (Å²) in [4.78, 5) is 19.4. The van der Waals surface area contributed by atoms with Gasteiger partial charge in [0.25, 0.3) is 5.56 Å². The van der Waals surface area contributed by atoms with Gasteiger partial charge in [0.1, 0.15) is 11.8 Å². The van der Waals surface area contributed by atoms with Crippen molar-refractivity contribution in [3.05, 3.63) is 34.5 Å². The fourth-order valence-electron chi connectivity index (χ4n) is 1.16. The molecule has 0 aliphatic carbocycles. The number of rotatable bonds is 0. The first-order chi connectivity index (χ1) is 7.72. The maximum atomic E-state index is 11.5. The number of aryl methyl sites for hydroxylation is 1. The first-order valence-corrected chi connectivity index (χ1v) is 4.95. The minimum absolute atomic E-state index is 0.160. The van der Waals surface area contributed by atoms with Gasteiger partial charge in [-0.2, -0.15) is 5.26 Å². The molecule has 2 aromatic heterocycles. The van der Waals surface area contributed by atoms with E-state index in [2.05, 4.69) is 9.97 Å². The molecular formula is C11H12N4O. The molecule has 2 heterocycles. The van der Waals surface area contributed by atoms with Crippen molar-refractivity contribution in [3.8, 4) is 6.07 Å². The SMILES string of the molecule is CC.Cn1cnc2nc(C#N)ccc2c1=O. The third-order valence-corrected chi connectivity index (χ3v) is 1.89. The molecule has 0 bridgehead atoms. The predicted octanol–water partition coefficient (Wildman–Crippen LogP) is 1.23. The Morgan fingerprint density at radius 3 is 2.69 bits per heavy atom. The quantitative estimate of drug-likeness (QED) is 0.664. The van der Waals surface area contributed by atoms with Crippen LogP contribution < -0.4 is 5.56 Å². The Labute approximate surface area is 93.0 Å². The smallest absolute Gasteiger partial charge is 0.262 e. The highest BCUT2D eigenvalue weighted by Crippen LogP contribution is 2.03. The van der Waals surface area contributed by atoms with Crippen LogP contribution in [0.15, 0.2) is 23.3 Å². The van der Waals surface area contributed by atoms with Crippen LogP contribution >= 0.6 is 0 Å². The molecule has 0 fully saturated rings. The molecule has 0 aliphatic heterocycles. The molecule has 0 radical (unpaired) electrons. The zero-order chi connectivity index (χ0) is 12.1. The highest BCUT2D eigenvalue weighted by atomic mass is 16.1. The lowest BCUT2D eigenvalue weighted by atomic mass is 10.3. The molecule has 0 saturated carbocycles. The molecule has 16 heavy (non-hydrogen) atoms. The Hall–Kier alpha value is -2.22. The first kappa shape index (κ1) is 11.9. The molecule has 0 N–H and O–H groups in total. The van der Waals surface area contributed by atoms with Gasteiger partial charge in [0, 0.05) is 7.05 Å². The van der Waals surface area contributed by atoms with Crippen LogP contribution in [0.2, 0.25) is 0 Å². The molecule has 82 valence electrons. The Balaban J connectivity index is 0.000000606. The van der Waals surface area contributed by atoms with Crippen molar-refractivity contribution in [2.45, 2.75) is 13.8 Å². The summed E-state index contributed by atoms with van der Waals surface area (Å²) in [6.07, 6.45) is 1.39. The first-order valence-electron chi connectivity index (χ1n) is 4.95. The molecule has 5 heteroatoms. The van der Waals surface area contributed by atoms with Crippen molar-refractivity contribution >= 4 is 11.0 Å². The molecule has 0 amide bonds. The number of nitrogens with zero attached hydrogens (tertiary/aromatic N) is 4. The van der Waals surface area contributed by atoms with Gasteiger partial charge in [-0.05, 0) is 12.1 Å². The number of hydrogen-bond acceptors (Lipinski definition) is 4. The number of nitriles is 1. The summed E-state index contributed by atoms with van der Waals surface area (Å²) in [5, 5.41) is 9.02. The number of fused-ring (bicyclic) bond motifs is 1. The van der Waals surface area contributed by atoms with E-state index < -0.39 is 0 Å². The molecule has 0 unspecified atom stereocenters. The second-order valence-electron chi connectivity index (χ2n) is 2.84. The Morgan fingerprint density at radius 1 is 1.38 bits per heavy atom. The molecule has 2 aromatic rings. The van der Waals surface area contributed by atoms with E-state index in [-0.39, 0.29) is 11.3 Å². The molecule has 2 rings (SSSR count). The topological polar surface area (TPSA) is 71.6 Å². The normalized spacial score (nSPS) is 9.12. The van der Waals surface area contributed by atoms with Gasteiger partial charge in [-0.15, -0.1) is 0 Å². The molecule has 0 aromatic carbocycles. The van der Waals surface area contributed by atoms with E-state index in [9.17, 15) is 4.79 Å². The average molecular weight is 216 g/mol. The number of pyridine rings is 1. The Morgan fingerprint density at radius 2 is 2.06 bits per heavy atom. The summed E-state index contributed by atoms with van der Waals surface area (Å²) in [6.45, 7) is 4.00. The molecule has 0 saturated heterocycles. The fraction of sp³-hybridized carbons (Fsp3) is 0.273. The second-order valence-corrected chi connectivity index (χ2v) is 2.84. The van der Waals surface area contributed by atoms with Crippen molar-refractivity contribution < 1.29 is 0 Å². The van der Waals surface area contributed by atoms with Crippen molar-refractivity contribution in [1.82, 2.24) is 14.5 Å². The van der Waals surface area contributed by atoms with Gasteiger partial charge in [0.2, 0.25) is 0 Å². The van der Waals surface area contributed by atoms with Crippen molar-refractivity contribution in [2.75, 3.05) is 0 Å². The van der Waals surface area contributed by atoms with Gasteiger partial charge in [-0.3, -0.25) is 4.79 Å². The Kier molecular flexibility index (Phi) is 3.72. The van der Waals surface area contributed by atoms with Crippen molar-refractivity contribution in [1.29, 1.82) is 5.26 Å². The lowest BCUT2D eigenvalue weighted by Crippen LogP contribution is -2.17. The van der Waals surface area contributed by atoms with Crippen LogP contribution in [0.4, 0.5) is 0 Å². The van der Waals surface area contributed by atoms with Gasteiger partial charge in [0.15, 0.2) is 5.65 Å². The summed E-state index contributed by atoms with van der Waals surface area (Å²) in [6, 6.07) is 4.96. The third-order valence-electron chi connectivity index (χ3n) is 1.89. The maximum absolute atomic E-state index is 11.5. The summed E-state index contributed by atoms with van der Waals surface area (Å²) in [7, 11) is 1.62. The van der Waals surface area contributed by atoms with Crippen LogP contribution in [0.25, 0.3) is 11.0 Å². The minimum Gasteiger partial charge on any atom is -0.302 e. The summed E-state index contributed by atoms with van der Waals surface area (Å²) in [5.74, 6) is 0. The van der Waals surface area contributed by atoms with Gasteiger partial charge >= 0.3 is 0 Å². The van der Waals surface area contributed by atoms with E-state index in [1.54, 1.807) is 13.1 Å². The molecular weight excluding hydrogens is 204 g/mol. The third kappa shape index (κ3) is 2.06. The largest absolute Gasteiger partial charge is 0.302 e. The standard InChI is InChI=1S/C9H6N4O.C2H6/c1-13-5-11-8-7(9(13)14)3-2-6(4-10)12-8;1-2/h2-3,5H,1H3;1-2H3. The van der Waals surface area contributed by atoms with Crippen LogP contribution in [-0.2, 0) is 7.05 Å². The van der Waals surface area contributed by atoms with Gasteiger partial charge < -0.3 is 4.57 Å². The molecule has 0 atom stereocenters. The van der Waals surface area contributed by atoms with Crippen LogP contribution in [-0.4, -0.2) is 14.5 Å². The molecule has 0 spiro atoms. The minimum atomic E-state index is -0.160. The van der Waals surface area contributed by atoms with E-state index in [4.69, 9.17) is 5.26 Å². The summed E-state index contributed by atoms with van der Waals surface area (Å²) in [5.41, 5.74) is 0.414. The van der Waals surface area contributed by atoms with E-state index >= 15 is 0 Å². The number of hydrogen-bond donors (Lipinski definition) is 0.